The largest absolute Gasteiger partial charge is 0.378 e. The van der Waals surface area contributed by atoms with Gasteiger partial charge in [0.2, 0.25) is 0 Å². The molecule has 1 saturated carbocycles. The van der Waals surface area contributed by atoms with Gasteiger partial charge in [-0.25, -0.2) is 0 Å². The zero-order chi connectivity index (χ0) is 10.7. The number of ether oxygens (including phenoxy) is 1. The van der Waals surface area contributed by atoms with Crippen LogP contribution in [-0.2, 0) is 4.74 Å². The van der Waals surface area contributed by atoms with E-state index in [1.165, 1.54) is 25.7 Å². The summed E-state index contributed by atoms with van der Waals surface area (Å²) in [5.41, 5.74) is 0. The molecule has 3 heterocycles. The summed E-state index contributed by atoms with van der Waals surface area (Å²) in [5, 5.41) is 15.0. The first-order valence-corrected chi connectivity index (χ1v) is 7.49. The Hall–Kier alpha value is 0.230. The number of rotatable bonds is 0. The molecule has 0 aromatic carbocycles. The van der Waals surface area contributed by atoms with E-state index in [9.17, 15) is 5.11 Å². The summed E-state index contributed by atoms with van der Waals surface area (Å²) in [6.45, 7) is 0.842. The van der Waals surface area contributed by atoms with Crippen LogP contribution in [0, 0.1) is 11.8 Å². The molecule has 3 aliphatic heterocycles. The highest BCUT2D eigenvalue weighted by Crippen LogP contribution is 2.54. The summed E-state index contributed by atoms with van der Waals surface area (Å²) < 4.78 is 6.25. The van der Waals surface area contributed by atoms with Gasteiger partial charge < -0.3 is 9.84 Å². The van der Waals surface area contributed by atoms with Crippen molar-refractivity contribution >= 4 is 11.8 Å². The lowest BCUT2D eigenvalue weighted by Gasteiger charge is -2.40. The molecule has 0 radical (unpaired) electrons. The molecule has 90 valence electrons. The fourth-order valence-corrected chi connectivity index (χ4v) is 5.19. The molecule has 0 amide bonds. The van der Waals surface area contributed by atoms with Crippen LogP contribution in [0.5, 0.6) is 0 Å². The normalized spacial score (nSPS) is 59.4. The molecule has 4 fully saturated rings. The summed E-state index contributed by atoms with van der Waals surface area (Å²) in [5.74, 6) is 1.04. The van der Waals surface area contributed by atoms with Gasteiger partial charge in [-0.2, -0.15) is 0 Å². The first-order chi connectivity index (χ1) is 7.83. The average Bonchev–Trinajstić information content (AvgIpc) is 2.90. The van der Waals surface area contributed by atoms with Crippen molar-refractivity contribution in [2.24, 2.45) is 11.8 Å². The molecule has 3 nitrogen and oxygen atoms in total. The second-order valence-corrected chi connectivity index (χ2v) is 7.12. The van der Waals surface area contributed by atoms with E-state index >= 15 is 0 Å². The molecule has 4 heteroatoms. The van der Waals surface area contributed by atoms with E-state index in [1.54, 1.807) is 0 Å². The van der Waals surface area contributed by atoms with Gasteiger partial charge >= 0.3 is 0 Å². The lowest BCUT2D eigenvalue weighted by molar-refractivity contribution is -0.108. The zero-order valence-corrected chi connectivity index (χ0v) is 10.2. The molecule has 0 aromatic rings. The van der Waals surface area contributed by atoms with E-state index in [1.807, 2.05) is 0 Å². The number of hydrogen-bond donors (Lipinski definition) is 2. The molecular formula is C12H19NO2S. The van der Waals surface area contributed by atoms with Crippen molar-refractivity contribution in [3.8, 4) is 0 Å². The Labute approximate surface area is 100 Å². The smallest absolute Gasteiger partial charge is 0.108 e. The van der Waals surface area contributed by atoms with Gasteiger partial charge in [0.1, 0.15) is 6.23 Å². The van der Waals surface area contributed by atoms with Gasteiger partial charge in [-0.3, -0.25) is 5.32 Å². The third-order valence-corrected chi connectivity index (χ3v) is 6.31. The summed E-state index contributed by atoms with van der Waals surface area (Å²) in [7, 11) is 0. The van der Waals surface area contributed by atoms with Crippen LogP contribution in [0.4, 0.5) is 0 Å². The van der Waals surface area contributed by atoms with Crippen LogP contribution >= 0.6 is 11.8 Å². The van der Waals surface area contributed by atoms with Crippen molar-refractivity contribution in [2.45, 2.75) is 54.6 Å². The molecule has 7 unspecified atom stereocenters. The fraction of sp³-hybridized carbons (Fsp3) is 1.00. The minimum absolute atomic E-state index is 0.290. The Balaban J connectivity index is 1.61. The lowest BCUT2D eigenvalue weighted by Crippen LogP contribution is -2.52. The molecule has 1 aliphatic carbocycles. The predicted octanol–water partition coefficient (Wildman–Crippen LogP) is 0.966. The standard InChI is InChI=1S/C12H19NO2S/c14-12-7-3-1-2-6(7)8-4-10-11(16-10)9(15-8)5-13-12/h6-14H,1-5H2. The average molecular weight is 241 g/mol. The molecule has 4 aliphatic rings. The van der Waals surface area contributed by atoms with Gasteiger partial charge in [-0.1, -0.05) is 6.42 Å². The van der Waals surface area contributed by atoms with E-state index in [-0.39, 0.29) is 6.23 Å². The van der Waals surface area contributed by atoms with E-state index in [0.29, 0.717) is 29.3 Å². The third-order valence-electron chi connectivity index (χ3n) is 4.84. The van der Waals surface area contributed by atoms with Gasteiger partial charge in [-0.05, 0) is 25.2 Å². The molecule has 3 saturated heterocycles. The molecule has 0 spiro atoms. The Kier molecular flexibility index (Phi) is 2.30. The maximum absolute atomic E-state index is 10.2. The van der Waals surface area contributed by atoms with E-state index in [0.717, 1.165) is 11.8 Å². The van der Waals surface area contributed by atoms with E-state index < -0.39 is 0 Å². The summed E-state index contributed by atoms with van der Waals surface area (Å²) in [4.78, 5) is 0. The Morgan fingerprint density at radius 1 is 1.19 bits per heavy atom. The summed E-state index contributed by atoms with van der Waals surface area (Å²) in [6.07, 6.45) is 5.42. The number of aliphatic hydroxyl groups is 1. The van der Waals surface area contributed by atoms with Crippen LogP contribution < -0.4 is 5.32 Å². The Bertz CT molecular complexity index is 301. The number of hydrogen-bond acceptors (Lipinski definition) is 4. The first-order valence-electron chi connectivity index (χ1n) is 6.55. The molecule has 16 heavy (non-hydrogen) atoms. The van der Waals surface area contributed by atoms with Crippen molar-refractivity contribution in [2.75, 3.05) is 6.54 Å². The highest BCUT2D eigenvalue weighted by molar-refractivity contribution is 8.07. The van der Waals surface area contributed by atoms with Crippen LogP contribution in [0.3, 0.4) is 0 Å². The Morgan fingerprint density at radius 3 is 3.00 bits per heavy atom. The predicted molar refractivity (Wildman–Crippen MR) is 63.3 cm³/mol. The van der Waals surface area contributed by atoms with Gasteiger partial charge in [0.15, 0.2) is 0 Å². The van der Waals surface area contributed by atoms with Crippen LogP contribution in [0.15, 0.2) is 0 Å². The molecule has 7 atom stereocenters. The van der Waals surface area contributed by atoms with Crippen molar-refractivity contribution in [3.63, 3.8) is 0 Å². The second kappa shape index (κ2) is 3.61. The van der Waals surface area contributed by atoms with E-state index in [2.05, 4.69) is 17.1 Å². The first kappa shape index (κ1) is 10.2. The summed E-state index contributed by atoms with van der Waals surface area (Å²) in [6, 6.07) is 0. The highest BCUT2D eigenvalue weighted by Gasteiger charge is 2.54. The third kappa shape index (κ3) is 1.47. The summed E-state index contributed by atoms with van der Waals surface area (Å²) >= 11 is 2.08. The van der Waals surface area contributed by atoms with E-state index in [4.69, 9.17) is 4.74 Å². The number of thioether (sulfide) groups is 1. The van der Waals surface area contributed by atoms with Crippen LogP contribution in [0.2, 0.25) is 0 Å². The van der Waals surface area contributed by atoms with Crippen LogP contribution in [0.25, 0.3) is 0 Å². The lowest BCUT2D eigenvalue weighted by atomic mass is 9.84. The molecule has 2 N–H and O–H groups in total. The van der Waals surface area contributed by atoms with Crippen LogP contribution in [-0.4, -0.2) is 40.6 Å². The second-order valence-electron chi connectivity index (χ2n) is 5.70. The van der Waals surface area contributed by atoms with Crippen LogP contribution in [0.1, 0.15) is 25.7 Å². The van der Waals surface area contributed by atoms with Gasteiger partial charge in [-0.15, -0.1) is 11.8 Å². The SMILES string of the molecule is OC1NCC2OC(CC3SC23)C2CCCC12. The van der Waals surface area contributed by atoms with Crippen molar-refractivity contribution in [1.29, 1.82) is 0 Å². The molecule has 4 rings (SSSR count). The minimum Gasteiger partial charge on any atom is -0.378 e. The minimum atomic E-state index is -0.290. The fourth-order valence-electron chi connectivity index (χ4n) is 3.96. The number of nitrogens with one attached hydrogen (secondary N) is 1. The quantitative estimate of drug-likeness (QED) is 0.620. The van der Waals surface area contributed by atoms with Crippen molar-refractivity contribution in [3.05, 3.63) is 0 Å². The Morgan fingerprint density at radius 2 is 2.06 bits per heavy atom. The monoisotopic (exact) mass is 241 g/mol. The molecular weight excluding hydrogens is 222 g/mol. The maximum Gasteiger partial charge on any atom is 0.108 e. The van der Waals surface area contributed by atoms with Gasteiger partial charge in [0, 0.05) is 23.0 Å². The van der Waals surface area contributed by atoms with Crippen molar-refractivity contribution < 1.29 is 9.84 Å². The highest BCUT2D eigenvalue weighted by atomic mass is 32.2. The molecule has 0 aromatic heterocycles. The topological polar surface area (TPSA) is 41.5 Å². The maximum atomic E-state index is 10.2. The zero-order valence-electron chi connectivity index (χ0n) is 9.34. The number of aliphatic hydroxyl groups excluding tert-OH is 1. The number of fused-ring (bicyclic) bond motifs is 6. The van der Waals surface area contributed by atoms with Crippen molar-refractivity contribution in [1.82, 2.24) is 5.32 Å². The van der Waals surface area contributed by atoms with Gasteiger partial charge in [0.05, 0.1) is 12.2 Å². The molecule has 2 bridgehead atoms. The van der Waals surface area contributed by atoms with Gasteiger partial charge in [0.25, 0.3) is 0 Å².